The van der Waals surface area contributed by atoms with Crippen molar-refractivity contribution < 1.29 is 0 Å². The quantitative estimate of drug-likeness (QED) is 0.868. The number of nitrogens with two attached hydrogens (primary N) is 1. The van der Waals surface area contributed by atoms with Crippen LogP contribution in [0.25, 0.3) is 11.4 Å². The molecule has 1 aromatic carbocycles. The molecule has 20 heavy (non-hydrogen) atoms. The molecule has 0 atom stereocenters. The Morgan fingerprint density at radius 3 is 2.80 bits per heavy atom. The average molecular weight is 357 g/mol. The number of aromatic nitrogens is 3. The topological polar surface area (TPSA) is 70.8 Å². The summed E-state index contributed by atoms with van der Waals surface area (Å²) in [6.45, 7) is 1.80. The van der Waals surface area contributed by atoms with E-state index in [1.807, 2.05) is 18.2 Å². The molecular formula is C13H15BrClN5. The molecule has 106 valence electrons. The summed E-state index contributed by atoms with van der Waals surface area (Å²) in [7, 11) is 0. The van der Waals surface area contributed by atoms with Crippen LogP contribution in [0, 0.1) is 0 Å². The maximum absolute atomic E-state index is 6.10. The molecule has 3 rings (SSSR count). The van der Waals surface area contributed by atoms with E-state index < -0.39 is 0 Å². The highest BCUT2D eigenvalue weighted by Crippen LogP contribution is 2.28. The normalized spacial score (nSPS) is 16.6. The number of nitrogens with zero attached hydrogens (tertiary/aromatic N) is 3. The Balaban J connectivity index is 1.81. The minimum atomic E-state index is 0.301. The molecule has 0 spiro atoms. The van der Waals surface area contributed by atoms with Gasteiger partial charge in [0.1, 0.15) is 0 Å². The van der Waals surface area contributed by atoms with Crippen LogP contribution in [0.4, 0.5) is 5.95 Å². The molecule has 1 aliphatic heterocycles. The molecular weight excluding hydrogens is 342 g/mol. The first-order valence-corrected chi connectivity index (χ1v) is 7.69. The van der Waals surface area contributed by atoms with Crippen molar-refractivity contribution in [3.8, 4) is 11.4 Å². The standard InChI is InChI=1S/C13H15BrClN5/c14-10-2-1-8(7-11(10)15)12-17-13(19-18-12)20-5-3-9(16)4-6-20/h1-2,7,9H,3-6,16H2,(H,17,18,19). The lowest BCUT2D eigenvalue weighted by Gasteiger charge is -2.28. The summed E-state index contributed by atoms with van der Waals surface area (Å²) in [6, 6.07) is 6.02. The third-order valence-electron chi connectivity index (χ3n) is 3.49. The lowest BCUT2D eigenvalue weighted by Crippen LogP contribution is -2.40. The Morgan fingerprint density at radius 2 is 2.10 bits per heavy atom. The highest BCUT2D eigenvalue weighted by Gasteiger charge is 2.19. The van der Waals surface area contributed by atoms with Crippen LogP contribution in [0.2, 0.25) is 5.02 Å². The SMILES string of the molecule is NC1CCN(c2n[nH]c(-c3ccc(Br)c(Cl)c3)n2)CC1. The van der Waals surface area contributed by atoms with Gasteiger partial charge < -0.3 is 10.6 Å². The fourth-order valence-corrected chi connectivity index (χ4v) is 2.69. The van der Waals surface area contributed by atoms with Gasteiger partial charge in [0.25, 0.3) is 0 Å². The summed E-state index contributed by atoms with van der Waals surface area (Å²) in [5, 5.41) is 7.91. The maximum Gasteiger partial charge on any atom is 0.245 e. The van der Waals surface area contributed by atoms with Crippen molar-refractivity contribution in [3.63, 3.8) is 0 Å². The molecule has 2 heterocycles. The van der Waals surface area contributed by atoms with E-state index in [0.717, 1.165) is 47.7 Å². The molecule has 0 unspecified atom stereocenters. The second-order valence-corrected chi connectivity index (χ2v) is 6.20. The van der Waals surface area contributed by atoms with E-state index in [1.165, 1.54) is 0 Å². The third kappa shape index (κ3) is 2.82. The molecule has 3 N–H and O–H groups in total. The number of aromatic amines is 1. The van der Waals surface area contributed by atoms with Crippen LogP contribution >= 0.6 is 27.5 Å². The van der Waals surface area contributed by atoms with Crippen LogP contribution in [-0.2, 0) is 0 Å². The van der Waals surface area contributed by atoms with Gasteiger partial charge in [-0.2, -0.15) is 4.98 Å². The van der Waals surface area contributed by atoms with Crippen molar-refractivity contribution >= 4 is 33.5 Å². The molecule has 0 saturated carbocycles. The van der Waals surface area contributed by atoms with Crippen molar-refractivity contribution in [1.29, 1.82) is 0 Å². The number of anilines is 1. The van der Waals surface area contributed by atoms with Gasteiger partial charge in [-0.15, -0.1) is 5.10 Å². The van der Waals surface area contributed by atoms with Gasteiger partial charge in [0.05, 0.1) is 5.02 Å². The van der Waals surface area contributed by atoms with Gasteiger partial charge in [-0.1, -0.05) is 11.6 Å². The first-order chi connectivity index (χ1) is 9.63. The Labute approximate surface area is 130 Å². The van der Waals surface area contributed by atoms with E-state index in [-0.39, 0.29) is 0 Å². The smallest absolute Gasteiger partial charge is 0.245 e. The molecule has 1 saturated heterocycles. The zero-order chi connectivity index (χ0) is 14.1. The number of piperidine rings is 1. The molecule has 0 bridgehead atoms. The molecule has 0 radical (unpaired) electrons. The van der Waals surface area contributed by atoms with Gasteiger partial charge in [-0.05, 0) is 47.0 Å². The van der Waals surface area contributed by atoms with E-state index in [0.29, 0.717) is 11.1 Å². The van der Waals surface area contributed by atoms with Gasteiger partial charge in [-0.3, -0.25) is 5.10 Å². The summed E-state index contributed by atoms with van der Waals surface area (Å²) >= 11 is 9.48. The number of rotatable bonds is 2. The predicted octanol–water partition coefficient (Wildman–Crippen LogP) is 2.82. The summed E-state index contributed by atoms with van der Waals surface area (Å²) in [4.78, 5) is 6.70. The highest BCUT2D eigenvalue weighted by molar-refractivity contribution is 9.10. The second-order valence-electron chi connectivity index (χ2n) is 4.94. The van der Waals surface area contributed by atoms with Gasteiger partial charge in [0.2, 0.25) is 5.95 Å². The Morgan fingerprint density at radius 1 is 1.35 bits per heavy atom. The van der Waals surface area contributed by atoms with Gasteiger partial charge in [0, 0.05) is 29.2 Å². The molecule has 1 fully saturated rings. The fourth-order valence-electron chi connectivity index (χ4n) is 2.27. The summed E-state index contributed by atoms with van der Waals surface area (Å²) < 4.78 is 0.868. The fraction of sp³-hybridized carbons (Fsp3) is 0.385. The van der Waals surface area contributed by atoms with E-state index in [1.54, 1.807) is 0 Å². The lowest BCUT2D eigenvalue weighted by atomic mass is 10.1. The van der Waals surface area contributed by atoms with Crippen LogP contribution in [-0.4, -0.2) is 34.3 Å². The highest BCUT2D eigenvalue weighted by atomic mass is 79.9. The Bertz CT molecular complexity index is 607. The van der Waals surface area contributed by atoms with Crippen LogP contribution < -0.4 is 10.6 Å². The molecule has 5 nitrogen and oxygen atoms in total. The monoisotopic (exact) mass is 355 g/mol. The number of H-pyrrole nitrogens is 1. The Hall–Kier alpha value is -1.11. The summed E-state index contributed by atoms with van der Waals surface area (Å²) in [6.07, 6.45) is 1.96. The molecule has 1 aromatic heterocycles. The average Bonchev–Trinajstić information content (AvgIpc) is 2.92. The molecule has 0 aliphatic carbocycles. The Kier molecular flexibility index (Phi) is 3.96. The first kappa shape index (κ1) is 13.9. The minimum absolute atomic E-state index is 0.301. The van der Waals surface area contributed by atoms with E-state index in [2.05, 4.69) is 36.0 Å². The molecule has 7 heteroatoms. The van der Waals surface area contributed by atoms with Crippen molar-refractivity contribution in [3.05, 3.63) is 27.7 Å². The number of hydrogen-bond donors (Lipinski definition) is 2. The lowest BCUT2D eigenvalue weighted by molar-refractivity contribution is 0.496. The maximum atomic E-state index is 6.10. The summed E-state index contributed by atoms with van der Waals surface area (Å²) in [5.74, 6) is 1.45. The minimum Gasteiger partial charge on any atom is -0.339 e. The van der Waals surface area contributed by atoms with Crippen molar-refractivity contribution in [2.45, 2.75) is 18.9 Å². The zero-order valence-corrected chi connectivity index (χ0v) is 13.2. The van der Waals surface area contributed by atoms with Crippen molar-refractivity contribution in [2.75, 3.05) is 18.0 Å². The zero-order valence-electron chi connectivity index (χ0n) is 10.8. The molecule has 0 amide bonds. The van der Waals surface area contributed by atoms with Gasteiger partial charge in [-0.25, -0.2) is 0 Å². The predicted molar refractivity (Wildman–Crippen MR) is 84.0 cm³/mol. The number of halogens is 2. The second kappa shape index (κ2) is 5.71. The van der Waals surface area contributed by atoms with Crippen molar-refractivity contribution in [1.82, 2.24) is 15.2 Å². The van der Waals surface area contributed by atoms with E-state index in [4.69, 9.17) is 17.3 Å². The largest absolute Gasteiger partial charge is 0.339 e. The van der Waals surface area contributed by atoms with E-state index in [9.17, 15) is 0 Å². The van der Waals surface area contributed by atoms with Crippen LogP contribution in [0.3, 0.4) is 0 Å². The van der Waals surface area contributed by atoms with Crippen LogP contribution in [0.5, 0.6) is 0 Å². The number of benzene rings is 1. The van der Waals surface area contributed by atoms with Crippen molar-refractivity contribution in [2.24, 2.45) is 5.73 Å². The summed E-state index contributed by atoms with van der Waals surface area (Å²) in [5.41, 5.74) is 6.83. The van der Waals surface area contributed by atoms with Crippen LogP contribution in [0.15, 0.2) is 22.7 Å². The number of nitrogens with one attached hydrogen (secondary N) is 1. The third-order valence-corrected chi connectivity index (χ3v) is 4.72. The van der Waals surface area contributed by atoms with Gasteiger partial charge >= 0.3 is 0 Å². The first-order valence-electron chi connectivity index (χ1n) is 6.52. The van der Waals surface area contributed by atoms with Gasteiger partial charge in [0.15, 0.2) is 5.82 Å². The van der Waals surface area contributed by atoms with E-state index >= 15 is 0 Å². The molecule has 1 aliphatic rings. The van der Waals surface area contributed by atoms with Crippen LogP contribution in [0.1, 0.15) is 12.8 Å². The molecule has 2 aromatic rings. The number of hydrogen-bond acceptors (Lipinski definition) is 4.